The molecule has 0 N–H and O–H groups in total. The van der Waals surface area contributed by atoms with E-state index in [2.05, 4.69) is 10.1 Å². The normalized spacial score (nSPS) is 19.9. The molecule has 1 aromatic heterocycles. The Bertz CT molecular complexity index is 819. The van der Waals surface area contributed by atoms with Crippen molar-refractivity contribution in [2.24, 2.45) is 5.92 Å². The predicted molar refractivity (Wildman–Crippen MR) is 105 cm³/mol. The van der Waals surface area contributed by atoms with Crippen LogP contribution in [0.5, 0.6) is 0 Å². The van der Waals surface area contributed by atoms with Crippen LogP contribution in [-0.2, 0) is 22.4 Å². The van der Waals surface area contributed by atoms with E-state index in [9.17, 15) is 9.18 Å². The summed E-state index contributed by atoms with van der Waals surface area (Å²) in [6.45, 7) is 2.66. The molecule has 1 aliphatic carbocycles. The lowest BCUT2D eigenvalue weighted by atomic mass is 10.1. The molecule has 156 valence electrons. The van der Waals surface area contributed by atoms with Crippen molar-refractivity contribution in [3.8, 4) is 0 Å². The topological polar surface area (TPSA) is 68.5 Å². The molecule has 1 amide bonds. The van der Waals surface area contributed by atoms with Gasteiger partial charge in [0, 0.05) is 26.1 Å². The first kappa shape index (κ1) is 20.0. The number of rotatable bonds is 8. The van der Waals surface area contributed by atoms with E-state index < -0.39 is 0 Å². The first-order chi connectivity index (χ1) is 14.2. The molecule has 4 rings (SSSR count). The van der Waals surface area contributed by atoms with Crippen LogP contribution in [0.15, 0.2) is 28.8 Å². The van der Waals surface area contributed by atoms with Crippen molar-refractivity contribution in [1.29, 1.82) is 0 Å². The Hall–Kier alpha value is -2.28. The summed E-state index contributed by atoms with van der Waals surface area (Å²) < 4.78 is 24.5. The lowest BCUT2D eigenvalue weighted by molar-refractivity contribution is -0.129. The van der Waals surface area contributed by atoms with Crippen LogP contribution in [0.3, 0.4) is 0 Å². The fourth-order valence-electron chi connectivity index (χ4n) is 4.25. The molecule has 1 atom stereocenters. The van der Waals surface area contributed by atoms with Gasteiger partial charge in [-0.15, -0.1) is 0 Å². The highest BCUT2D eigenvalue weighted by Gasteiger charge is 2.31. The first-order valence-corrected chi connectivity index (χ1v) is 10.6. The van der Waals surface area contributed by atoms with E-state index in [0.717, 1.165) is 13.0 Å². The smallest absolute Gasteiger partial charge is 0.231 e. The number of aromatic nitrogens is 2. The van der Waals surface area contributed by atoms with E-state index >= 15 is 0 Å². The van der Waals surface area contributed by atoms with Gasteiger partial charge in [0.15, 0.2) is 5.82 Å². The fraction of sp³-hybridized carbons (Fsp3) is 0.591. The van der Waals surface area contributed by atoms with E-state index in [1.54, 1.807) is 17.0 Å². The number of benzene rings is 1. The van der Waals surface area contributed by atoms with Crippen LogP contribution in [0.2, 0.25) is 0 Å². The lowest BCUT2D eigenvalue weighted by Gasteiger charge is -2.15. The Morgan fingerprint density at radius 2 is 2.14 bits per heavy atom. The number of carbonyl (C=O) groups excluding carboxylic acids is 1. The van der Waals surface area contributed by atoms with Crippen molar-refractivity contribution >= 4 is 5.91 Å². The van der Waals surface area contributed by atoms with E-state index in [-0.39, 0.29) is 24.1 Å². The molecule has 2 heterocycles. The molecule has 29 heavy (non-hydrogen) atoms. The number of likely N-dealkylation sites (tertiary alicyclic amines) is 1. The minimum atomic E-state index is -0.319. The van der Waals surface area contributed by atoms with Crippen LogP contribution >= 0.6 is 0 Å². The van der Waals surface area contributed by atoms with Crippen molar-refractivity contribution in [1.82, 2.24) is 15.0 Å². The summed E-state index contributed by atoms with van der Waals surface area (Å²) >= 11 is 0. The van der Waals surface area contributed by atoms with Crippen LogP contribution in [0.1, 0.15) is 55.3 Å². The van der Waals surface area contributed by atoms with Crippen molar-refractivity contribution in [2.45, 2.75) is 50.9 Å². The maximum absolute atomic E-state index is 13.3. The Kier molecular flexibility index (Phi) is 6.54. The zero-order valence-corrected chi connectivity index (χ0v) is 16.7. The number of amides is 1. The molecular formula is C22H28FN3O3. The van der Waals surface area contributed by atoms with Gasteiger partial charge in [0.25, 0.3) is 0 Å². The van der Waals surface area contributed by atoms with Gasteiger partial charge >= 0.3 is 0 Å². The Morgan fingerprint density at radius 3 is 2.97 bits per heavy atom. The third-order valence-electron chi connectivity index (χ3n) is 5.92. The SMILES string of the molecule is O=C(Cc1cccc(F)c1)N1CCC(c2nc(CCOCC3CCCC3)no2)C1. The van der Waals surface area contributed by atoms with Crippen LogP contribution in [-0.4, -0.2) is 47.3 Å². The van der Waals surface area contributed by atoms with Gasteiger partial charge in [0.05, 0.1) is 18.9 Å². The second kappa shape index (κ2) is 9.48. The standard InChI is InChI=1S/C22H28FN3O3/c23-19-7-3-6-17(12-19)13-21(27)26-10-8-18(14-26)22-24-20(25-29-22)9-11-28-15-16-4-1-2-5-16/h3,6-7,12,16,18H,1-2,4-5,8-11,13-15H2. The zero-order valence-electron chi connectivity index (χ0n) is 16.7. The van der Waals surface area contributed by atoms with E-state index in [1.165, 1.54) is 37.8 Å². The second-order valence-electron chi connectivity index (χ2n) is 8.16. The van der Waals surface area contributed by atoms with E-state index in [1.807, 2.05) is 0 Å². The minimum absolute atomic E-state index is 0.00171. The van der Waals surface area contributed by atoms with Crippen molar-refractivity contribution in [2.75, 3.05) is 26.3 Å². The van der Waals surface area contributed by atoms with Crippen molar-refractivity contribution in [3.05, 3.63) is 47.4 Å². The molecule has 1 saturated heterocycles. The molecule has 2 fully saturated rings. The third kappa shape index (κ3) is 5.41. The molecule has 1 unspecified atom stereocenters. The van der Waals surface area contributed by atoms with Crippen LogP contribution in [0.4, 0.5) is 4.39 Å². The minimum Gasteiger partial charge on any atom is -0.381 e. The van der Waals surface area contributed by atoms with Gasteiger partial charge < -0.3 is 14.2 Å². The molecule has 0 radical (unpaired) electrons. The predicted octanol–water partition coefficient (Wildman–Crippen LogP) is 3.52. The molecule has 0 spiro atoms. The van der Waals surface area contributed by atoms with E-state index in [0.29, 0.717) is 49.3 Å². The lowest BCUT2D eigenvalue weighted by Crippen LogP contribution is -2.29. The molecule has 1 aliphatic heterocycles. The quantitative estimate of drug-likeness (QED) is 0.633. The Morgan fingerprint density at radius 1 is 1.28 bits per heavy atom. The summed E-state index contributed by atoms with van der Waals surface area (Å²) in [5.74, 6) is 1.71. The number of hydrogen-bond donors (Lipinski definition) is 0. The number of ether oxygens (including phenoxy) is 1. The van der Waals surface area contributed by atoms with Crippen molar-refractivity contribution in [3.63, 3.8) is 0 Å². The summed E-state index contributed by atoms with van der Waals surface area (Å²) in [5.41, 5.74) is 0.691. The average molecular weight is 401 g/mol. The second-order valence-corrected chi connectivity index (χ2v) is 8.16. The molecule has 7 heteroatoms. The fourth-order valence-corrected chi connectivity index (χ4v) is 4.25. The number of carbonyl (C=O) groups is 1. The molecule has 6 nitrogen and oxygen atoms in total. The van der Waals surface area contributed by atoms with Crippen LogP contribution in [0, 0.1) is 11.7 Å². The Labute approximate surface area is 170 Å². The maximum atomic E-state index is 13.3. The largest absolute Gasteiger partial charge is 0.381 e. The van der Waals surface area contributed by atoms with E-state index in [4.69, 9.17) is 9.26 Å². The maximum Gasteiger partial charge on any atom is 0.231 e. The van der Waals surface area contributed by atoms with Gasteiger partial charge in [-0.05, 0) is 42.9 Å². The highest BCUT2D eigenvalue weighted by atomic mass is 19.1. The summed E-state index contributed by atoms with van der Waals surface area (Å²) in [5, 5.41) is 4.07. The highest BCUT2D eigenvalue weighted by molar-refractivity contribution is 5.79. The first-order valence-electron chi connectivity index (χ1n) is 10.6. The van der Waals surface area contributed by atoms with Crippen LogP contribution < -0.4 is 0 Å². The highest BCUT2D eigenvalue weighted by Crippen LogP contribution is 2.27. The van der Waals surface area contributed by atoms with Gasteiger partial charge in [-0.3, -0.25) is 4.79 Å². The molecule has 2 aromatic rings. The van der Waals surface area contributed by atoms with Crippen molar-refractivity contribution < 1.29 is 18.4 Å². The summed E-state index contributed by atoms with van der Waals surface area (Å²) in [4.78, 5) is 18.8. The average Bonchev–Trinajstić information content (AvgIpc) is 3.46. The zero-order chi connectivity index (χ0) is 20.1. The summed E-state index contributed by atoms with van der Waals surface area (Å²) in [7, 11) is 0. The van der Waals surface area contributed by atoms with Gasteiger partial charge in [-0.25, -0.2) is 4.39 Å². The molecular weight excluding hydrogens is 373 g/mol. The summed E-state index contributed by atoms with van der Waals surface area (Å²) in [6.07, 6.45) is 6.86. The number of halogens is 1. The number of nitrogens with zero attached hydrogens (tertiary/aromatic N) is 3. The Balaban J connectivity index is 1.22. The monoisotopic (exact) mass is 401 g/mol. The number of hydrogen-bond acceptors (Lipinski definition) is 5. The summed E-state index contributed by atoms with van der Waals surface area (Å²) in [6, 6.07) is 6.19. The molecule has 1 aromatic carbocycles. The van der Waals surface area contributed by atoms with Gasteiger partial charge in [-0.2, -0.15) is 4.98 Å². The molecule has 0 bridgehead atoms. The van der Waals surface area contributed by atoms with Gasteiger partial charge in [0.2, 0.25) is 11.8 Å². The van der Waals surface area contributed by atoms with Crippen LogP contribution in [0.25, 0.3) is 0 Å². The van der Waals surface area contributed by atoms with Gasteiger partial charge in [0.1, 0.15) is 5.82 Å². The molecule has 2 aliphatic rings. The third-order valence-corrected chi connectivity index (χ3v) is 5.92. The molecule has 1 saturated carbocycles. The van der Waals surface area contributed by atoms with Gasteiger partial charge in [-0.1, -0.05) is 30.1 Å².